The normalized spacial score (nSPS) is 13.0. The van der Waals surface area contributed by atoms with Crippen molar-refractivity contribution in [3.63, 3.8) is 0 Å². The second-order valence-corrected chi connectivity index (χ2v) is 5.27. The van der Waals surface area contributed by atoms with Crippen molar-refractivity contribution in [2.45, 2.75) is 25.4 Å². The number of benzene rings is 2. The number of ether oxygens (including phenoxy) is 1. The minimum atomic E-state index is 0. The molecule has 0 amide bonds. The highest BCUT2D eigenvalue weighted by Crippen LogP contribution is 2.22. The standard InChI is InChI=1S/C18H23NO2.ClH/c1-14(13-20)19-18(12-15-6-4-3-5-7-15)16-8-10-17(21-2)11-9-16;/h3-11,14,18-20H,12-13H2,1-2H3;1H. The van der Waals surface area contributed by atoms with Crippen molar-refractivity contribution in [2.75, 3.05) is 13.7 Å². The lowest BCUT2D eigenvalue weighted by Gasteiger charge is -2.23. The third-order valence-electron chi connectivity index (χ3n) is 3.56. The summed E-state index contributed by atoms with van der Waals surface area (Å²) in [5.74, 6) is 0.854. The van der Waals surface area contributed by atoms with Gasteiger partial charge in [0.2, 0.25) is 0 Å². The van der Waals surface area contributed by atoms with Gasteiger partial charge >= 0.3 is 0 Å². The molecule has 0 bridgehead atoms. The number of aliphatic hydroxyl groups is 1. The van der Waals surface area contributed by atoms with E-state index in [4.69, 9.17) is 4.74 Å². The molecule has 0 saturated heterocycles. The zero-order chi connectivity index (χ0) is 15.1. The van der Waals surface area contributed by atoms with Gasteiger partial charge in [0.1, 0.15) is 5.75 Å². The van der Waals surface area contributed by atoms with Crippen molar-refractivity contribution >= 4 is 12.4 Å². The molecular weight excluding hydrogens is 298 g/mol. The predicted octanol–water partition coefficient (Wildman–Crippen LogP) is 3.37. The highest BCUT2D eigenvalue weighted by atomic mass is 35.5. The van der Waals surface area contributed by atoms with Crippen LogP contribution in [0.5, 0.6) is 5.75 Å². The quantitative estimate of drug-likeness (QED) is 0.821. The molecule has 2 aromatic carbocycles. The van der Waals surface area contributed by atoms with Crippen molar-refractivity contribution < 1.29 is 9.84 Å². The summed E-state index contributed by atoms with van der Waals surface area (Å²) in [6.45, 7) is 2.11. The van der Waals surface area contributed by atoms with Crippen LogP contribution in [0.4, 0.5) is 0 Å². The van der Waals surface area contributed by atoms with E-state index in [0.29, 0.717) is 0 Å². The van der Waals surface area contributed by atoms with E-state index in [-0.39, 0.29) is 31.1 Å². The second kappa shape index (κ2) is 9.46. The van der Waals surface area contributed by atoms with Crippen molar-refractivity contribution in [3.8, 4) is 5.75 Å². The van der Waals surface area contributed by atoms with E-state index < -0.39 is 0 Å². The summed E-state index contributed by atoms with van der Waals surface area (Å²) in [7, 11) is 1.67. The van der Waals surface area contributed by atoms with Crippen molar-refractivity contribution in [1.82, 2.24) is 5.32 Å². The Bertz CT molecular complexity index is 531. The molecular formula is C18H24ClNO2. The maximum absolute atomic E-state index is 9.30. The van der Waals surface area contributed by atoms with Crippen molar-refractivity contribution in [2.24, 2.45) is 0 Å². The van der Waals surface area contributed by atoms with E-state index in [1.54, 1.807) is 7.11 Å². The summed E-state index contributed by atoms with van der Waals surface area (Å²) in [6.07, 6.45) is 0.886. The van der Waals surface area contributed by atoms with Crippen LogP contribution in [0.25, 0.3) is 0 Å². The van der Waals surface area contributed by atoms with Gasteiger partial charge < -0.3 is 15.2 Å². The molecule has 22 heavy (non-hydrogen) atoms. The zero-order valence-electron chi connectivity index (χ0n) is 13.0. The van der Waals surface area contributed by atoms with E-state index in [2.05, 4.69) is 41.7 Å². The molecule has 0 fully saturated rings. The minimum absolute atomic E-state index is 0. The largest absolute Gasteiger partial charge is 0.497 e. The van der Waals surface area contributed by atoms with Gasteiger partial charge in [-0.25, -0.2) is 0 Å². The van der Waals surface area contributed by atoms with Crippen LogP contribution < -0.4 is 10.1 Å². The smallest absolute Gasteiger partial charge is 0.118 e. The summed E-state index contributed by atoms with van der Waals surface area (Å²) >= 11 is 0. The lowest BCUT2D eigenvalue weighted by Crippen LogP contribution is -2.34. The lowest BCUT2D eigenvalue weighted by atomic mass is 9.98. The molecule has 0 heterocycles. The molecule has 0 aromatic heterocycles. The summed E-state index contributed by atoms with van der Waals surface area (Å²) in [5.41, 5.74) is 2.47. The zero-order valence-corrected chi connectivity index (χ0v) is 13.8. The van der Waals surface area contributed by atoms with Crippen LogP contribution in [0.3, 0.4) is 0 Å². The Hall–Kier alpha value is -1.55. The molecule has 0 spiro atoms. The average Bonchev–Trinajstić information content (AvgIpc) is 2.55. The first-order valence-electron chi connectivity index (χ1n) is 7.27. The molecule has 0 aliphatic heterocycles. The molecule has 2 rings (SSSR count). The fourth-order valence-corrected chi connectivity index (χ4v) is 2.36. The molecule has 2 N–H and O–H groups in total. The average molecular weight is 322 g/mol. The van der Waals surface area contributed by atoms with Crippen LogP contribution in [-0.4, -0.2) is 24.9 Å². The SMILES string of the molecule is COc1ccc(C(Cc2ccccc2)NC(C)CO)cc1.Cl. The van der Waals surface area contributed by atoms with Crippen LogP contribution in [-0.2, 0) is 6.42 Å². The minimum Gasteiger partial charge on any atom is -0.497 e. The molecule has 120 valence electrons. The summed E-state index contributed by atoms with van der Waals surface area (Å²) in [6, 6.07) is 18.7. The van der Waals surface area contributed by atoms with Gasteiger partial charge in [-0.15, -0.1) is 12.4 Å². The van der Waals surface area contributed by atoms with Gasteiger partial charge in [-0.1, -0.05) is 42.5 Å². The molecule has 0 aliphatic carbocycles. The predicted molar refractivity (Wildman–Crippen MR) is 92.8 cm³/mol. The number of halogens is 1. The van der Waals surface area contributed by atoms with E-state index in [1.165, 1.54) is 11.1 Å². The van der Waals surface area contributed by atoms with Crippen LogP contribution in [0, 0.1) is 0 Å². The molecule has 2 aromatic rings. The van der Waals surface area contributed by atoms with E-state index in [9.17, 15) is 5.11 Å². The van der Waals surface area contributed by atoms with Gasteiger partial charge in [-0.2, -0.15) is 0 Å². The Kier molecular flexibility index (Phi) is 7.96. The molecule has 0 saturated carbocycles. The summed E-state index contributed by atoms with van der Waals surface area (Å²) < 4.78 is 5.21. The van der Waals surface area contributed by atoms with Crippen LogP contribution in [0.1, 0.15) is 24.1 Å². The van der Waals surface area contributed by atoms with Gasteiger partial charge in [0, 0.05) is 12.1 Å². The van der Waals surface area contributed by atoms with Crippen molar-refractivity contribution in [3.05, 3.63) is 65.7 Å². The maximum Gasteiger partial charge on any atom is 0.118 e. The Morgan fingerprint density at radius 3 is 2.23 bits per heavy atom. The van der Waals surface area contributed by atoms with Crippen LogP contribution in [0.15, 0.2) is 54.6 Å². The maximum atomic E-state index is 9.30. The summed E-state index contributed by atoms with van der Waals surface area (Å²) in [4.78, 5) is 0. The Balaban J connectivity index is 0.00000242. The number of methoxy groups -OCH3 is 1. The van der Waals surface area contributed by atoms with E-state index in [0.717, 1.165) is 12.2 Å². The fourth-order valence-electron chi connectivity index (χ4n) is 2.36. The van der Waals surface area contributed by atoms with Gasteiger partial charge in [-0.05, 0) is 36.6 Å². The van der Waals surface area contributed by atoms with Crippen LogP contribution in [0.2, 0.25) is 0 Å². The highest BCUT2D eigenvalue weighted by Gasteiger charge is 2.14. The number of hydrogen-bond acceptors (Lipinski definition) is 3. The third kappa shape index (κ3) is 5.34. The van der Waals surface area contributed by atoms with Gasteiger partial charge in [0.15, 0.2) is 0 Å². The second-order valence-electron chi connectivity index (χ2n) is 5.27. The first-order chi connectivity index (χ1) is 10.2. The van der Waals surface area contributed by atoms with E-state index >= 15 is 0 Å². The number of hydrogen-bond donors (Lipinski definition) is 2. The molecule has 3 nitrogen and oxygen atoms in total. The molecule has 0 aliphatic rings. The molecule has 0 radical (unpaired) electrons. The Morgan fingerprint density at radius 1 is 1.05 bits per heavy atom. The number of aliphatic hydroxyl groups excluding tert-OH is 1. The third-order valence-corrected chi connectivity index (χ3v) is 3.56. The number of nitrogens with one attached hydrogen (secondary N) is 1. The Morgan fingerprint density at radius 2 is 1.68 bits per heavy atom. The first-order valence-corrected chi connectivity index (χ1v) is 7.27. The van der Waals surface area contributed by atoms with Crippen molar-refractivity contribution in [1.29, 1.82) is 0 Å². The Labute approximate surface area is 138 Å². The van der Waals surface area contributed by atoms with E-state index in [1.807, 2.05) is 25.1 Å². The lowest BCUT2D eigenvalue weighted by molar-refractivity contribution is 0.240. The topological polar surface area (TPSA) is 41.5 Å². The molecule has 2 unspecified atom stereocenters. The van der Waals surface area contributed by atoms with Gasteiger partial charge in [0.05, 0.1) is 13.7 Å². The monoisotopic (exact) mass is 321 g/mol. The molecule has 2 atom stereocenters. The summed E-state index contributed by atoms with van der Waals surface area (Å²) in [5, 5.41) is 12.8. The fraction of sp³-hybridized carbons (Fsp3) is 0.333. The number of rotatable bonds is 7. The van der Waals surface area contributed by atoms with Gasteiger partial charge in [-0.3, -0.25) is 0 Å². The van der Waals surface area contributed by atoms with Crippen LogP contribution >= 0.6 is 12.4 Å². The van der Waals surface area contributed by atoms with Gasteiger partial charge in [0.25, 0.3) is 0 Å². The molecule has 4 heteroatoms. The highest BCUT2D eigenvalue weighted by molar-refractivity contribution is 5.85. The first kappa shape index (κ1) is 18.5.